The summed E-state index contributed by atoms with van der Waals surface area (Å²) >= 11 is 8.64. The summed E-state index contributed by atoms with van der Waals surface area (Å²) in [5.41, 5.74) is 5.32. The number of fused-ring (bicyclic) bond motifs is 1. The molecule has 1 saturated heterocycles. The summed E-state index contributed by atoms with van der Waals surface area (Å²) in [6, 6.07) is 2.51. The number of nitrogen functional groups attached to an aromatic ring is 1. The topological polar surface area (TPSA) is 259 Å². The van der Waals surface area contributed by atoms with E-state index in [1.807, 2.05) is 13.8 Å². The van der Waals surface area contributed by atoms with Crippen molar-refractivity contribution in [1.29, 1.82) is 0 Å². The minimum Gasteiger partial charge on any atom is -0.504 e. The largest absolute Gasteiger partial charge is 0.504 e. The third-order valence-corrected chi connectivity index (χ3v) is 11.6. The summed E-state index contributed by atoms with van der Waals surface area (Å²) in [6.07, 6.45) is -0.249. The molecular formula is C31H38ClN10O8S2+. The molecule has 1 fully saturated rings. The number of oxime groups is 1. The highest BCUT2D eigenvalue weighted by Gasteiger charge is 2.54. The van der Waals surface area contributed by atoms with Crippen LogP contribution in [0.4, 0.5) is 5.13 Å². The number of quaternary nitrogens is 1. The Balaban J connectivity index is 1.35. The van der Waals surface area contributed by atoms with Crippen LogP contribution in [0.5, 0.6) is 11.5 Å². The van der Waals surface area contributed by atoms with E-state index < -0.39 is 46.1 Å². The Labute approximate surface area is 310 Å². The fraction of sp³-hybridized carbons (Fsp3) is 0.452. The van der Waals surface area contributed by atoms with E-state index in [2.05, 4.69) is 36.1 Å². The fourth-order valence-electron chi connectivity index (χ4n) is 5.82. The van der Waals surface area contributed by atoms with Gasteiger partial charge in [-0.1, -0.05) is 16.8 Å². The zero-order valence-electron chi connectivity index (χ0n) is 28.6. The molecule has 0 radical (unpaired) electrons. The Morgan fingerprint density at radius 2 is 1.98 bits per heavy atom. The number of aromatic nitrogens is 5. The molecule has 2 aromatic heterocycles. The third kappa shape index (κ3) is 7.69. The molecule has 2 amide bonds. The first-order valence-corrected chi connectivity index (χ1v) is 18.4. The van der Waals surface area contributed by atoms with Gasteiger partial charge >= 0.3 is 5.97 Å². The third-order valence-electron chi connectivity index (χ3n) is 9.11. The first-order valence-electron chi connectivity index (χ1n) is 16.1. The predicted molar refractivity (Wildman–Crippen MR) is 191 cm³/mol. The lowest BCUT2D eigenvalue weighted by atomic mass is 9.89. The summed E-state index contributed by atoms with van der Waals surface area (Å²) in [6.45, 7) is 9.23. The number of nitrogens with two attached hydrogens (primary N) is 1. The number of ketones is 1. The highest BCUT2D eigenvalue weighted by atomic mass is 35.5. The SMILES string of the molecule is CC[N+](CC)(CCNC(=O)c1ccc(O)c(O)c1Cl)CC1=C(c2nn[nH]n2)N2C(=O)[C@@H](CC(=O)/C(=N\OC(C)(C)C(=O)O)c3csc(N)n3)[C@H]2SC1. The van der Waals surface area contributed by atoms with Crippen molar-refractivity contribution < 1.29 is 43.8 Å². The number of nitrogens with zero attached hydrogens (tertiary/aromatic N) is 7. The molecule has 0 bridgehead atoms. The number of rotatable bonds is 16. The molecule has 5 rings (SSSR count). The van der Waals surface area contributed by atoms with E-state index in [4.69, 9.17) is 22.2 Å². The molecule has 0 saturated carbocycles. The van der Waals surface area contributed by atoms with Crippen molar-refractivity contribution in [3.63, 3.8) is 0 Å². The van der Waals surface area contributed by atoms with Crippen LogP contribution < -0.4 is 11.1 Å². The maximum atomic E-state index is 13.9. The first-order chi connectivity index (χ1) is 24.6. The van der Waals surface area contributed by atoms with Gasteiger partial charge in [0.25, 0.3) is 5.91 Å². The van der Waals surface area contributed by atoms with Crippen LogP contribution in [-0.2, 0) is 19.2 Å². The number of H-pyrrole nitrogens is 1. The summed E-state index contributed by atoms with van der Waals surface area (Å²) in [5.74, 6) is -3.75. The average Bonchev–Trinajstić information content (AvgIpc) is 3.81. The maximum absolute atomic E-state index is 13.9. The van der Waals surface area contributed by atoms with E-state index in [1.165, 1.54) is 43.1 Å². The van der Waals surface area contributed by atoms with Crippen LogP contribution in [0.1, 0.15) is 56.0 Å². The number of carbonyl (C=O) groups is 4. The molecule has 278 valence electrons. The number of tetrazole rings is 1. The highest BCUT2D eigenvalue weighted by molar-refractivity contribution is 8.00. The van der Waals surface area contributed by atoms with E-state index in [9.17, 15) is 34.5 Å². The molecular weight excluding hydrogens is 740 g/mol. The van der Waals surface area contributed by atoms with Crippen LogP contribution >= 0.6 is 34.7 Å². The van der Waals surface area contributed by atoms with Crippen molar-refractivity contribution in [3.05, 3.63) is 45.2 Å². The number of hydrogen-bond donors (Lipinski definition) is 6. The molecule has 0 aliphatic carbocycles. The van der Waals surface area contributed by atoms with Crippen LogP contribution in [0.2, 0.25) is 5.02 Å². The summed E-state index contributed by atoms with van der Waals surface area (Å²) in [4.78, 5) is 63.0. The van der Waals surface area contributed by atoms with E-state index in [1.54, 1.807) is 4.90 Å². The molecule has 2 aliphatic heterocycles. The quantitative estimate of drug-likeness (QED) is 0.0400. The van der Waals surface area contributed by atoms with Gasteiger partial charge in [-0.3, -0.25) is 19.3 Å². The molecule has 1 aromatic carbocycles. The minimum absolute atomic E-state index is 0.0231. The lowest BCUT2D eigenvalue weighted by molar-refractivity contribution is -0.919. The van der Waals surface area contributed by atoms with Crippen molar-refractivity contribution >= 4 is 74.8 Å². The van der Waals surface area contributed by atoms with Crippen molar-refractivity contribution in [2.24, 2.45) is 11.1 Å². The number of likely N-dealkylation sites (N-methyl/N-ethyl adjacent to an activating group) is 1. The van der Waals surface area contributed by atoms with Crippen molar-refractivity contribution in [3.8, 4) is 11.5 Å². The van der Waals surface area contributed by atoms with Gasteiger partial charge in [0.2, 0.25) is 17.3 Å². The normalized spacial score (nSPS) is 17.8. The van der Waals surface area contributed by atoms with Gasteiger partial charge < -0.3 is 35.7 Å². The molecule has 21 heteroatoms. The first kappa shape index (κ1) is 38.4. The number of thioether (sulfide) groups is 1. The van der Waals surface area contributed by atoms with Crippen LogP contribution in [-0.4, -0.2) is 129 Å². The summed E-state index contributed by atoms with van der Waals surface area (Å²) in [7, 11) is 0. The average molecular weight is 778 g/mol. The van der Waals surface area contributed by atoms with E-state index in [-0.39, 0.29) is 51.8 Å². The Bertz CT molecular complexity index is 1930. The maximum Gasteiger partial charge on any atom is 0.350 e. The standard InChI is InChI=1S/C31H37ClN10O8S2/c1-5-42(6-2,10-9-34-26(46)16-7-8-19(43)24(45)21(16)32)12-15-13-51-28-17(27(47)41(28)23(15)25-36-39-40-37-25)11-20(44)22(18-14-52-30(33)35-18)38-50-31(3,4)29(48)49/h7-8,14,17,28H,5-6,9-13H2,1-4H3,(H6-,33,34,35,36,37,38,39,40,43,44,45,46,48,49)/p+1/t17-,28-/m1/s1. The zero-order valence-corrected chi connectivity index (χ0v) is 31.0. The summed E-state index contributed by atoms with van der Waals surface area (Å²) < 4.78 is 0.518. The predicted octanol–water partition coefficient (Wildman–Crippen LogP) is 2.08. The number of β-lactam (4-membered cyclic amide) rings is 1. The van der Waals surface area contributed by atoms with Crippen molar-refractivity contribution in [2.75, 3.05) is 44.2 Å². The van der Waals surface area contributed by atoms with Crippen LogP contribution in [0.15, 0.2) is 28.2 Å². The number of thiazole rings is 1. The Kier molecular flexibility index (Phi) is 11.4. The van der Waals surface area contributed by atoms with Crippen molar-refractivity contribution in [1.82, 2.24) is 35.8 Å². The number of phenols is 2. The monoisotopic (exact) mass is 777 g/mol. The Morgan fingerprint density at radius 3 is 2.60 bits per heavy atom. The number of anilines is 1. The molecule has 2 atom stereocenters. The van der Waals surface area contributed by atoms with Crippen LogP contribution in [0.3, 0.4) is 0 Å². The number of halogens is 1. The number of aromatic hydroxyl groups is 2. The number of aliphatic carboxylic acids is 1. The zero-order chi connectivity index (χ0) is 38.0. The van der Waals surface area contributed by atoms with E-state index in [0.717, 1.165) is 16.9 Å². The van der Waals surface area contributed by atoms with Gasteiger partial charge in [0.1, 0.15) is 12.2 Å². The molecule has 3 aromatic rings. The van der Waals surface area contributed by atoms with Gasteiger partial charge in [0.05, 0.1) is 53.8 Å². The minimum atomic E-state index is -1.74. The molecule has 0 unspecified atom stereocenters. The number of amides is 2. The number of phenolic OH excluding ortho intramolecular Hbond substituents is 2. The number of Topliss-reactive ketones (excluding diaryl/α,β-unsaturated/α-hetero) is 1. The number of carboxylic acid groups (broad SMARTS) is 1. The molecule has 4 heterocycles. The van der Waals surface area contributed by atoms with Crippen LogP contribution in [0.25, 0.3) is 5.70 Å². The number of benzene rings is 1. The van der Waals surface area contributed by atoms with Gasteiger partial charge in [0.15, 0.2) is 28.1 Å². The van der Waals surface area contributed by atoms with Gasteiger partial charge in [-0.05, 0) is 45.0 Å². The highest BCUT2D eigenvalue weighted by Crippen LogP contribution is 2.48. The Morgan fingerprint density at radius 1 is 1.25 bits per heavy atom. The number of nitrogens with one attached hydrogen (secondary N) is 2. The van der Waals surface area contributed by atoms with Gasteiger partial charge in [0, 0.05) is 23.1 Å². The Hall–Kier alpha value is -4.79. The number of aromatic amines is 1. The number of carboxylic acids is 1. The molecule has 18 nitrogen and oxygen atoms in total. The lowest BCUT2D eigenvalue weighted by Crippen LogP contribution is -2.61. The second kappa shape index (κ2) is 15.4. The van der Waals surface area contributed by atoms with Gasteiger partial charge in [-0.15, -0.1) is 33.3 Å². The molecule has 0 spiro atoms. The number of carbonyl (C=O) groups excluding carboxylic acids is 3. The molecule has 7 N–H and O–H groups in total. The van der Waals surface area contributed by atoms with Crippen molar-refractivity contribution in [2.45, 2.75) is 45.1 Å². The van der Waals surface area contributed by atoms with Gasteiger partial charge in [-0.2, -0.15) is 5.21 Å². The lowest BCUT2D eigenvalue weighted by Gasteiger charge is -2.50. The summed E-state index contributed by atoms with van der Waals surface area (Å²) in [5, 5.41) is 51.3. The van der Waals surface area contributed by atoms with E-state index in [0.29, 0.717) is 42.1 Å². The molecule has 2 aliphatic rings. The molecule has 52 heavy (non-hydrogen) atoms. The fourth-order valence-corrected chi connectivity index (χ4v) is 8.02. The van der Waals surface area contributed by atoms with Crippen LogP contribution in [0, 0.1) is 5.92 Å². The second-order valence-electron chi connectivity index (χ2n) is 12.7. The van der Waals surface area contributed by atoms with Gasteiger partial charge in [-0.25, -0.2) is 9.78 Å². The number of hydrogen-bond acceptors (Lipinski definition) is 15. The van der Waals surface area contributed by atoms with E-state index >= 15 is 0 Å². The smallest absolute Gasteiger partial charge is 0.350 e. The second-order valence-corrected chi connectivity index (χ2v) is 15.0.